The summed E-state index contributed by atoms with van der Waals surface area (Å²) < 4.78 is 0. The Morgan fingerprint density at radius 2 is 1.70 bits per heavy atom. The van der Waals surface area contributed by atoms with Crippen LogP contribution in [0.4, 0.5) is 5.82 Å². The van der Waals surface area contributed by atoms with Crippen LogP contribution < -0.4 is 15.5 Å². The van der Waals surface area contributed by atoms with Gasteiger partial charge in [-0.25, -0.2) is 4.98 Å². The summed E-state index contributed by atoms with van der Waals surface area (Å²) in [5, 5.41) is 6.88. The molecule has 27 heavy (non-hydrogen) atoms. The minimum atomic E-state index is 0.771. The van der Waals surface area contributed by atoms with E-state index in [9.17, 15) is 0 Å². The molecule has 2 N–H and O–H groups in total. The van der Waals surface area contributed by atoms with Gasteiger partial charge >= 0.3 is 0 Å². The summed E-state index contributed by atoms with van der Waals surface area (Å²) in [6, 6.07) is 4.31. The lowest BCUT2D eigenvalue weighted by molar-refractivity contribution is 0.232. The van der Waals surface area contributed by atoms with Gasteiger partial charge in [0.1, 0.15) is 5.82 Å². The van der Waals surface area contributed by atoms with Crippen molar-refractivity contribution in [2.45, 2.75) is 51.5 Å². The van der Waals surface area contributed by atoms with Crippen LogP contribution in [0.15, 0.2) is 23.3 Å². The number of aromatic nitrogens is 1. The van der Waals surface area contributed by atoms with Crippen molar-refractivity contribution in [1.82, 2.24) is 20.5 Å². The Labute approximate surface area is 164 Å². The van der Waals surface area contributed by atoms with Crippen molar-refractivity contribution in [3.8, 4) is 0 Å². The van der Waals surface area contributed by atoms with E-state index in [1.807, 2.05) is 13.2 Å². The van der Waals surface area contributed by atoms with Crippen LogP contribution in [-0.2, 0) is 6.54 Å². The van der Waals surface area contributed by atoms with E-state index in [4.69, 9.17) is 0 Å². The molecule has 2 aliphatic heterocycles. The third kappa shape index (κ3) is 6.69. The monoisotopic (exact) mass is 372 g/mol. The highest BCUT2D eigenvalue weighted by Gasteiger charge is 2.12. The van der Waals surface area contributed by atoms with Gasteiger partial charge in [-0.3, -0.25) is 4.99 Å². The number of likely N-dealkylation sites (tertiary alicyclic amines) is 1. The quantitative estimate of drug-likeness (QED) is 0.594. The van der Waals surface area contributed by atoms with Crippen molar-refractivity contribution >= 4 is 11.8 Å². The van der Waals surface area contributed by atoms with Gasteiger partial charge in [0.2, 0.25) is 0 Å². The number of pyridine rings is 1. The Hall–Kier alpha value is -1.82. The van der Waals surface area contributed by atoms with Crippen LogP contribution in [0.1, 0.15) is 50.5 Å². The minimum absolute atomic E-state index is 0.771. The van der Waals surface area contributed by atoms with Crippen molar-refractivity contribution in [3.05, 3.63) is 23.9 Å². The molecule has 0 bridgehead atoms. The minimum Gasteiger partial charge on any atom is -0.357 e. The van der Waals surface area contributed by atoms with Crippen LogP contribution in [0.5, 0.6) is 0 Å². The molecule has 1 aromatic heterocycles. The highest BCUT2D eigenvalue weighted by molar-refractivity contribution is 5.79. The molecule has 3 rings (SSSR count). The van der Waals surface area contributed by atoms with Crippen LogP contribution in [0.2, 0.25) is 0 Å². The van der Waals surface area contributed by atoms with Crippen LogP contribution in [0.25, 0.3) is 0 Å². The fraction of sp³-hybridized carbons (Fsp3) is 0.714. The third-order valence-electron chi connectivity index (χ3n) is 5.59. The van der Waals surface area contributed by atoms with Gasteiger partial charge in [0.05, 0.1) is 0 Å². The third-order valence-corrected chi connectivity index (χ3v) is 5.59. The van der Waals surface area contributed by atoms with E-state index in [-0.39, 0.29) is 0 Å². The second-order valence-corrected chi connectivity index (χ2v) is 7.68. The molecule has 150 valence electrons. The number of hydrogen-bond acceptors (Lipinski definition) is 4. The zero-order valence-electron chi connectivity index (χ0n) is 16.9. The number of anilines is 1. The normalized spacial score (nSPS) is 19.6. The summed E-state index contributed by atoms with van der Waals surface area (Å²) in [4.78, 5) is 13.9. The number of aliphatic imine (C=N–C) groups is 1. The van der Waals surface area contributed by atoms with Gasteiger partial charge in [-0.1, -0.05) is 19.3 Å². The van der Waals surface area contributed by atoms with E-state index < -0.39 is 0 Å². The lowest BCUT2D eigenvalue weighted by atomic mass is 10.1. The smallest absolute Gasteiger partial charge is 0.191 e. The molecule has 0 atom stereocenters. The van der Waals surface area contributed by atoms with Gasteiger partial charge in [0.25, 0.3) is 0 Å². The van der Waals surface area contributed by atoms with Gasteiger partial charge in [0, 0.05) is 46.0 Å². The topological polar surface area (TPSA) is 55.8 Å². The van der Waals surface area contributed by atoms with Crippen molar-refractivity contribution in [2.24, 2.45) is 4.99 Å². The second kappa shape index (κ2) is 11.1. The lowest BCUT2D eigenvalue weighted by Crippen LogP contribution is -2.42. The highest BCUT2D eigenvalue weighted by Crippen LogP contribution is 2.18. The summed E-state index contributed by atoms with van der Waals surface area (Å²) in [6.45, 7) is 7.54. The van der Waals surface area contributed by atoms with E-state index >= 15 is 0 Å². The maximum absolute atomic E-state index is 4.60. The molecule has 6 nitrogen and oxygen atoms in total. The van der Waals surface area contributed by atoms with Gasteiger partial charge < -0.3 is 20.4 Å². The molecule has 2 fully saturated rings. The highest BCUT2D eigenvalue weighted by atomic mass is 15.2. The van der Waals surface area contributed by atoms with Gasteiger partial charge in [0.15, 0.2) is 5.96 Å². The molecule has 0 saturated carbocycles. The van der Waals surface area contributed by atoms with Crippen molar-refractivity contribution in [2.75, 3.05) is 51.2 Å². The number of nitrogens with zero attached hydrogens (tertiary/aromatic N) is 4. The average Bonchev–Trinajstić information content (AvgIpc) is 3.01. The van der Waals surface area contributed by atoms with E-state index in [2.05, 4.69) is 42.5 Å². The summed E-state index contributed by atoms with van der Waals surface area (Å²) >= 11 is 0. The Morgan fingerprint density at radius 1 is 1.00 bits per heavy atom. The fourth-order valence-electron chi connectivity index (χ4n) is 3.97. The first kappa shape index (κ1) is 19.9. The standard InChI is InChI=1S/C21H36N6/c1-22-21(24-11-16-26-12-5-4-6-13-26)25-18-19-9-10-23-20(17-19)27-14-7-2-3-8-15-27/h9-10,17H,2-8,11-16,18H2,1H3,(H2,22,24,25). The SMILES string of the molecule is CN=C(NCCN1CCCCC1)NCc1ccnc(N2CCCCCC2)c1. The van der Waals surface area contributed by atoms with E-state index in [1.165, 1.54) is 63.6 Å². The molecule has 6 heteroatoms. The van der Waals surface area contributed by atoms with E-state index in [0.29, 0.717) is 0 Å². The molecule has 0 aliphatic carbocycles. The molecule has 0 aromatic carbocycles. The van der Waals surface area contributed by atoms with E-state index in [1.54, 1.807) is 0 Å². The molecular weight excluding hydrogens is 336 g/mol. The molecule has 0 radical (unpaired) electrons. The Kier molecular flexibility index (Phi) is 8.21. The molecule has 3 heterocycles. The molecule has 1 aromatic rings. The van der Waals surface area contributed by atoms with Gasteiger partial charge in [-0.15, -0.1) is 0 Å². The van der Waals surface area contributed by atoms with Crippen molar-refractivity contribution < 1.29 is 0 Å². The van der Waals surface area contributed by atoms with Crippen LogP contribution in [0, 0.1) is 0 Å². The number of hydrogen-bond donors (Lipinski definition) is 2. The van der Waals surface area contributed by atoms with Gasteiger partial charge in [-0.2, -0.15) is 0 Å². The Morgan fingerprint density at radius 3 is 2.44 bits per heavy atom. The predicted octanol–water partition coefficient (Wildman–Crippen LogP) is 2.61. The first-order valence-electron chi connectivity index (χ1n) is 10.7. The molecule has 2 saturated heterocycles. The first-order chi connectivity index (χ1) is 13.3. The number of guanidine groups is 1. The molecular formula is C21H36N6. The lowest BCUT2D eigenvalue weighted by Gasteiger charge is -2.26. The van der Waals surface area contributed by atoms with Gasteiger partial charge in [-0.05, 0) is 56.5 Å². The zero-order chi connectivity index (χ0) is 18.7. The zero-order valence-corrected chi connectivity index (χ0v) is 16.9. The Bertz CT molecular complexity index is 574. The molecule has 0 spiro atoms. The maximum Gasteiger partial charge on any atom is 0.191 e. The van der Waals surface area contributed by atoms with Crippen LogP contribution in [0.3, 0.4) is 0 Å². The fourth-order valence-corrected chi connectivity index (χ4v) is 3.97. The maximum atomic E-state index is 4.60. The summed E-state index contributed by atoms with van der Waals surface area (Å²) in [7, 11) is 1.84. The Balaban J connectivity index is 1.44. The molecule has 2 aliphatic rings. The van der Waals surface area contributed by atoms with Crippen LogP contribution >= 0.6 is 0 Å². The largest absolute Gasteiger partial charge is 0.357 e. The summed E-state index contributed by atoms with van der Waals surface area (Å²) in [6.07, 6.45) is 11.2. The number of nitrogens with one attached hydrogen (secondary N) is 2. The van der Waals surface area contributed by atoms with Crippen LogP contribution in [-0.4, -0.2) is 62.2 Å². The molecule has 0 unspecified atom stereocenters. The second-order valence-electron chi connectivity index (χ2n) is 7.68. The summed E-state index contributed by atoms with van der Waals surface area (Å²) in [5.74, 6) is 1.99. The number of piperidine rings is 1. The molecule has 0 amide bonds. The predicted molar refractivity (Wildman–Crippen MR) is 113 cm³/mol. The average molecular weight is 373 g/mol. The summed E-state index contributed by atoms with van der Waals surface area (Å²) in [5.41, 5.74) is 1.25. The van der Waals surface area contributed by atoms with Crippen molar-refractivity contribution in [3.63, 3.8) is 0 Å². The van der Waals surface area contributed by atoms with E-state index in [0.717, 1.165) is 44.5 Å². The first-order valence-corrected chi connectivity index (χ1v) is 10.7. The van der Waals surface area contributed by atoms with Crippen molar-refractivity contribution in [1.29, 1.82) is 0 Å². The number of rotatable bonds is 6.